The normalized spacial score (nSPS) is 11.2. The number of aromatic nitrogens is 3. The van der Waals surface area contributed by atoms with Crippen LogP contribution in [0.15, 0.2) is 45.2 Å². The van der Waals surface area contributed by atoms with Gasteiger partial charge in [-0.05, 0) is 23.6 Å². The lowest BCUT2D eigenvalue weighted by atomic mass is 10.1. The number of H-pyrrole nitrogens is 2. The van der Waals surface area contributed by atoms with E-state index in [9.17, 15) is 4.79 Å². The van der Waals surface area contributed by atoms with Crippen molar-refractivity contribution in [3.8, 4) is 21.8 Å². The van der Waals surface area contributed by atoms with E-state index in [1.54, 1.807) is 22.7 Å². The summed E-state index contributed by atoms with van der Waals surface area (Å²) in [4.78, 5) is 21.4. The summed E-state index contributed by atoms with van der Waals surface area (Å²) in [5, 5.41) is 7.20. The third kappa shape index (κ3) is 1.90. The molecule has 0 aliphatic carbocycles. The quantitative estimate of drug-likeness (QED) is 0.593. The minimum absolute atomic E-state index is 0.186. The highest BCUT2D eigenvalue weighted by atomic mass is 32.1. The predicted molar refractivity (Wildman–Crippen MR) is 83.3 cm³/mol. The number of imidazole rings is 1. The molecule has 2 N–H and O–H groups in total. The van der Waals surface area contributed by atoms with Gasteiger partial charge >= 0.3 is 5.69 Å². The number of nitrogens with one attached hydrogen (secondary N) is 2. The van der Waals surface area contributed by atoms with E-state index in [4.69, 9.17) is 0 Å². The van der Waals surface area contributed by atoms with Crippen LogP contribution in [0, 0.1) is 0 Å². The Balaban J connectivity index is 1.80. The molecule has 0 aliphatic heterocycles. The number of hydrogen-bond acceptors (Lipinski definition) is 4. The molecule has 4 aromatic rings. The van der Waals surface area contributed by atoms with Crippen LogP contribution < -0.4 is 5.69 Å². The summed E-state index contributed by atoms with van der Waals surface area (Å²) < 4.78 is 0. The third-order valence-corrected chi connectivity index (χ3v) is 4.66. The fourth-order valence-electron chi connectivity index (χ4n) is 2.12. The van der Waals surface area contributed by atoms with Gasteiger partial charge in [0.15, 0.2) is 0 Å². The monoisotopic (exact) mass is 299 g/mol. The van der Waals surface area contributed by atoms with Crippen molar-refractivity contribution >= 4 is 33.7 Å². The highest BCUT2D eigenvalue weighted by Gasteiger charge is 2.08. The second-order valence-corrected chi connectivity index (χ2v) is 6.03. The number of nitrogens with zero attached hydrogens (tertiary/aromatic N) is 1. The van der Waals surface area contributed by atoms with Crippen LogP contribution in [0.1, 0.15) is 0 Å². The first kappa shape index (κ1) is 11.6. The SMILES string of the molecule is O=c1[nH]c2ccc(-c3csc(-c4ccsc4)n3)cc2[nH]1. The molecule has 3 heterocycles. The van der Waals surface area contributed by atoms with Crippen LogP contribution in [-0.2, 0) is 0 Å². The summed E-state index contributed by atoms with van der Waals surface area (Å²) in [5.74, 6) is 0. The molecular formula is C14H9N3OS2. The van der Waals surface area contributed by atoms with Crippen LogP contribution in [-0.4, -0.2) is 15.0 Å². The fourth-order valence-corrected chi connectivity index (χ4v) is 3.66. The highest BCUT2D eigenvalue weighted by Crippen LogP contribution is 2.30. The molecule has 0 fully saturated rings. The summed E-state index contributed by atoms with van der Waals surface area (Å²) in [7, 11) is 0. The van der Waals surface area contributed by atoms with Gasteiger partial charge in [-0.15, -0.1) is 11.3 Å². The molecule has 6 heteroatoms. The van der Waals surface area contributed by atoms with Crippen LogP contribution in [0.5, 0.6) is 0 Å². The Hall–Kier alpha value is -2.18. The molecule has 4 rings (SSSR count). The first-order chi connectivity index (χ1) is 9.79. The molecule has 0 aliphatic rings. The Kier molecular flexibility index (Phi) is 2.58. The van der Waals surface area contributed by atoms with E-state index in [-0.39, 0.29) is 5.69 Å². The largest absolute Gasteiger partial charge is 0.323 e. The molecule has 0 amide bonds. The highest BCUT2D eigenvalue weighted by molar-refractivity contribution is 7.14. The predicted octanol–water partition coefficient (Wildman–Crippen LogP) is 3.71. The molecule has 0 radical (unpaired) electrons. The van der Waals surface area contributed by atoms with Gasteiger partial charge < -0.3 is 9.97 Å². The van der Waals surface area contributed by atoms with Gasteiger partial charge in [0.25, 0.3) is 0 Å². The lowest BCUT2D eigenvalue weighted by Crippen LogP contribution is -1.99. The summed E-state index contributed by atoms with van der Waals surface area (Å²) in [6.45, 7) is 0. The van der Waals surface area contributed by atoms with Gasteiger partial charge in [-0.25, -0.2) is 9.78 Å². The smallest absolute Gasteiger partial charge is 0.306 e. The maximum Gasteiger partial charge on any atom is 0.323 e. The lowest BCUT2D eigenvalue weighted by Gasteiger charge is -1.96. The van der Waals surface area contributed by atoms with Crippen LogP contribution >= 0.6 is 22.7 Å². The van der Waals surface area contributed by atoms with Crippen LogP contribution in [0.2, 0.25) is 0 Å². The second kappa shape index (κ2) is 4.43. The Morgan fingerprint density at radius 2 is 1.90 bits per heavy atom. The van der Waals surface area contributed by atoms with E-state index in [1.165, 1.54) is 0 Å². The van der Waals surface area contributed by atoms with Crippen LogP contribution in [0.4, 0.5) is 0 Å². The molecule has 1 aromatic carbocycles. The first-order valence-electron chi connectivity index (χ1n) is 6.00. The maximum absolute atomic E-state index is 11.3. The molecule has 3 aromatic heterocycles. The summed E-state index contributed by atoms with van der Waals surface area (Å²) in [6, 6.07) is 7.88. The third-order valence-electron chi connectivity index (χ3n) is 3.08. The van der Waals surface area contributed by atoms with Crippen molar-refractivity contribution in [1.29, 1.82) is 0 Å². The standard InChI is InChI=1S/C14H9N3OS2/c18-14-16-10-2-1-8(5-11(10)17-14)12-7-20-13(15-12)9-3-4-19-6-9/h1-7H,(H2,16,17,18). The minimum Gasteiger partial charge on any atom is -0.306 e. The average molecular weight is 299 g/mol. The van der Waals surface area contributed by atoms with Gasteiger partial charge in [0, 0.05) is 21.9 Å². The zero-order valence-electron chi connectivity index (χ0n) is 10.2. The van der Waals surface area contributed by atoms with E-state index in [0.717, 1.165) is 32.9 Å². The molecule has 0 unspecified atom stereocenters. The lowest BCUT2D eigenvalue weighted by molar-refractivity contribution is 1.21. The van der Waals surface area contributed by atoms with E-state index >= 15 is 0 Å². The Bertz CT molecular complexity index is 931. The zero-order valence-corrected chi connectivity index (χ0v) is 11.8. The van der Waals surface area contributed by atoms with E-state index in [0.29, 0.717) is 0 Å². The van der Waals surface area contributed by atoms with Gasteiger partial charge in [0.2, 0.25) is 0 Å². The van der Waals surface area contributed by atoms with Gasteiger partial charge in [0.05, 0.1) is 16.7 Å². The van der Waals surface area contributed by atoms with E-state index in [2.05, 4.69) is 26.4 Å². The average Bonchev–Trinajstić information content (AvgIpc) is 3.17. The van der Waals surface area contributed by atoms with Gasteiger partial charge in [-0.1, -0.05) is 6.07 Å². The number of aromatic amines is 2. The fraction of sp³-hybridized carbons (Fsp3) is 0. The van der Waals surface area contributed by atoms with Gasteiger partial charge in [0.1, 0.15) is 5.01 Å². The number of thiophene rings is 1. The molecule has 0 saturated heterocycles. The van der Waals surface area contributed by atoms with Crippen molar-refractivity contribution < 1.29 is 0 Å². The number of hydrogen-bond donors (Lipinski definition) is 2. The molecular weight excluding hydrogens is 290 g/mol. The van der Waals surface area contributed by atoms with Crippen molar-refractivity contribution in [2.24, 2.45) is 0 Å². The van der Waals surface area contributed by atoms with Crippen molar-refractivity contribution in [2.45, 2.75) is 0 Å². The minimum atomic E-state index is -0.186. The van der Waals surface area contributed by atoms with Crippen LogP contribution in [0.25, 0.3) is 32.9 Å². The van der Waals surface area contributed by atoms with Gasteiger partial charge in [-0.2, -0.15) is 11.3 Å². The molecule has 4 nitrogen and oxygen atoms in total. The number of benzene rings is 1. The second-order valence-electron chi connectivity index (χ2n) is 4.39. The van der Waals surface area contributed by atoms with Crippen molar-refractivity contribution in [1.82, 2.24) is 15.0 Å². The van der Waals surface area contributed by atoms with Crippen molar-refractivity contribution in [3.63, 3.8) is 0 Å². The Morgan fingerprint density at radius 1 is 1.00 bits per heavy atom. The molecule has 98 valence electrons. The Morgan fingerprint density at radius 3 is 2.75 bits per heavy atom. The Labute approximate surface area is 121 Å². The summed E-state index contributed by atoms with van der Waals surface area (Å²) in [6.07, 6.45) is 0. The topological polar surface area (TPSA) is 61.5 Å². The number of rotatable bonds is 2. The molecule has 0 saturated carbocycles. The number of thiazole rings is 1. The molecule has 20 heavy (non-hydrogen) atoms. The van der Waals surface area contributed by atoms with Gasteiger partial charge in [-0.3, -0.25) is 0 Å². The molecule has 0 spiro atoms. The van der Waals surface area contributed by atoms with Crippen molar-refractivity contribution in [2.75, 3.05) is 0 Å². The van der Waals surface area contributed by atoms with Crippen molar-refractivity contribution in [3.05, 3.63) is 50.9 Å². The molecule has 0 bridgehead atoms. The maximum atomic E-state index is 11.3. The zero-order chi connectivity index (χ0) is 13.5. The molecule has 0 atom stereocenters. The van der Waals surface area contributed by atoms with E-state index < -0.39 is 0 Å². The number of fused-ring (bicyclic) bond motifs is 1. The summed E-state index contributed by atoms with van der Waals surface area (Å²) >= 11 is 3.30. The summed E-state index contributed by atoms with van der Waals surface area (Å²) in [5.41, 5.74) is 4.52. The first-order valence-corrected chi connectivity index (χ1v) is 7.82. The van der Waals surface area contributed by atoms with E-state index in [1.807, 2.05) is 29.0 Å². The van der Waals surface area contributed by atoms with Crippen LogP contribution in [0.3, 0.4) is 0 Å².